The van der Waals surface area contributed by atoms with Gasteiger partial charge in [0.15, 0.2) is 0 Å². The Morgan fingerprint density at radius 1 is 1.56 bits per heavy atom. The molecule has 4 N–H and O–H groups in total. The number of rotatable bonds is 6. The molecule has 0 aliphatic rings. The van der Waals surface area contributed by atoms with Gasteiger partial charge in [-0.15, -0.1) is 0 Å². The number of nitrogens with one attached hydrogen (secondary N) is 1. The molecule has 1 unspecified atom stereocenters. The van der Waals surface area contributed by atoms with Gasteiger partial charge in [-0.25, -0.2) is 4.39 Å². The Morgan fingerprint density at radius 2 is 2.31 bits per heavy atom. The van der Waals surface area contributed by atoms with Crippen LogP contribution >= 0.6 is 0 Å². The van der Waals surface area contributed by atoms with Crippen LogP contribution in [0.4, 0.5) is 15.8 Å². The SMILES string of the molecule is COCC(CCO)Nc1cc(F)ccc1N. The van der Waals surface area contributed by atoms with Gasteiger partial charge in [-0.1, -0.05) is 0 Å². The van der Waals surface area contributed by atoms with Crippen molar-refractivity contribution in [3.63, 3.8) is 0 Å². The van der Waals surface area contributed by atoms with Crippen molar-refractivity contribution in [1.29, 1.82) is 0 Å². The van der Waals surface area contributed by atoms with Gasteiger partial charge in [0.05, 0.1) is 24.0 Å². The summed E-state index contributed by atoms with van der Waals surface area (Å²) in [6.45, 7) is 0.465. The van der Waals surface area contributed by atoms with Gasteiger partial charge in [0, 0.05) is 13.7 Å². The number of hydrogen-bond donors (Lipinski definition) is 3. The molecule has 16 heavy (non-hydrogen) atoms. The molecule has 1 aromatic carbocycles. The molecule has 0 spiro atoms. The lowest BCUT2D eigenvalue weighted by Gasteiger charge is -2.19. The van der Waals surface area contributed by atoms with Crippen LogP contribution in [0.25, 0.3) is 0 Å². The van der Waals surface area contributed by atoms with E-state index in [4.69, 9.17) is 15.6 Å². The average molecular weight is 228 g/mol. The maximum absolute atomic E-state index is 13.0. The van der Waals surface area contributed by atoms with E-state index in [0.29, 0.717) is 24.4 Å². The Balaban J connectivity index is 2.71. The molecule has 0 radical (unpaired) electrons. The minimum atomic E-state index is -0.350. The van der Waals surface area contributed by atoms with Gasteiger partial charge in [-0.2, -0.15) is 0 Å². The van der Waals surface area contributed by atoms with E-state index in [-0.39, 0.29) is 18.5 Å². The molecule has 0 heterocycles. The number of nitrogens with two attached hydrogens (primary N) is 1. The fourth-order valence-corrected chi connectivity index (χ4v) is 1.43. The molecule has 4 nitrogen and oxygen atoms in total. The van der Waals surface area contributed by atoms with Crippen molar-refractivity contribution in [2.24, 2.45) is 0 Å². The summed E-state index contributed by atoms with van der Waals surface area (Å²) in [6, 6.07) is 4.05. The average Bonchev–Trinajstić information content (AvgIpc) is 2.24. The number of benzene rings is 1. The smallest absolute Gasteiger partial charge is 0.125 e. The lowest BCUT2D eigenvalue weighted by atomic mass is 10.2. The Hall–Kier alpha value is -1.33. The van der Waals surface area contributed by atoms with Gasteiger partial charge in [0.2, 0.25) is 0 Å². The van der Waals surface area contributed by atoms with E-state index in [1.165, 1.54) is 18.2 Å². The number of anilines is 2. The van der Waals surface area contributed by atoms with Crippen molar-refractivity contribution < 1.29 is 14.2 Å². The van der Waals surface area contributed by atoms with E-state index in [1.54, 1.807) is 7.11 Å². The normalized spacial score (nSPS) is 12.4. The molecule has 0 aromatic heterocycles. The zero-order chi connectivity index (χ0) is 12.0. The summed E-state index contributed by atoms with van der Waals surface area (Å²) >= 11 is 0. The van der Waals surface area contributed by atoms with Gasteiger partial charge in [0.1, 0.15) is 5.82 Å². The third-order valence-corrected chi connectivity index (χ3v) is 2.22. The van der Waals surface area contributed by atoms with Gasteiger partial charge < -0.3 is 20.9 Å². The number of aliphatic hydroxyl groups is 1. The van der Waals surface area contributed by atoms with Crippen molar-refractivity contribution in [3.8, 4) is 0 Å². The first-order valence-corrected chi connectivity index (χ1v) is 5.08. The molecular formula is C11H17FN2O2. The molecule has 0 aliphatic heterocycles. The molecule has 0 saturated carbocycles. The number of nitrogen functional groups attached to an aromatic ring is 1. The molecular weight excluding hydrogens is 211 g/mol. The summed E-state index contributed by atoms with van der Waals surface area (Å²) in [4.78, 5) is 0. The lowest BCUT2D eigenvalue weighted by molar-refractivity contribution is 0.170. The summed E-state index contributed by atoms with van der Waals surface area (Å²) in [5, 5.41) is 11.9. The van der Waals surface area contributed by atoms with Gasteiger partial charge in [-0.3, -0.25) is 0 Å². The van der Waals surface area contributed by atoms with E-state index in [9.17, 15) is 4.39 Å². The summed E-state index contributed by atoms with van der Waals surface area (Å²) in [5.74, 6) is -0.350. The standard InChI is InChI=1S/C11H17FN2O2/c1-16-7-9(4-5-15)14-11-6-8(12)2-3-10(11)13/h2-3,6,9,14-15H,4-5,7,13H2,1H3. The van der Waals surface area contributed by atoms with Crippen molar-refractivity contribution in [2.75, 3.05) is 31.4 Å². The predicted octanol–water partition coefficient (Wildman–Crippen LogP) is 1.22. The third-order valence-electron chi connectivity index (χ3n) is 2.22. The summed E-state index contributed by atoms with van der Waals surface area (Å²) in [6.07, 6.45) is 0.518. The molecule has 0 saturated heterocycles. The Labute approximate surface area is 94.2 Å². The lowest BCUT2D eigenvalue weighted by Crippen LogP contribution is -2.26. The second-order valence-corrected chi connectivity index (χ2v) is 3.54. The fourth-order valence-electron chi connectivity index (χ4n) is 1.43. The largest absolute Gasteiger partial charge is 0.397 e. The minimum Gasteiger partial charge on any atom is -0.397 e. The highest BCUT2D eigenvalue weighted by Crippen LogP contribution is 2.20. The summed E-state index contributed by atoms with van der Waals surface area (Å²) in [5.41, 5.74) is 6.69. The number of methoxy groups -OCH3 is 1. The van der Waals surface area contributed by atoms with Crippen LogP contribution in [0, 0.1) is 5.82 Å². The van der Waals surface area contributed by atoms with Crippen LogP contribution in [-0.4, -0.2) is 31.5 Å². The molecule has 0 amide bonds. The third kappa shape index (κ3) is 3.67. The first-order valence-electron chi connectivity index (χ1n) is 5.08. The highest BCUT2D eigenvalue weighted by atomic mass is 19.1. The summed E-state index contributed by atoms with van der Waals surface area (Å²) < 4.78 is 18.0. The zero-order valence-electron chi connectivity index (χ0n) is 9.24. The van der Waals surface area contributed by atoms with E-state index in [2.05, 4.69) is 5.32 Å². The van der Waals surface area contributed by atoms with Crippen LogP contribution in [0.1, 0.15) is 6.42 Å². The molecule has 0 fully saturated rings. The maximum atomic E-state index is 13.0. The van der Waals surface area contributed by atoms with Crippen LogP contribution in [0.3, 0.4) is 0 Å². The second-order valence-electron chi connectivity index (χ2n) is 3.54. The van der Waals surface area contributed by atoms with Gasteiger partial charge in [-0.05, 0) is 24.6 Å². The molecule has 1 aromatic rings. The number of ether oxygens (including phenoxy) is 1. The monoisotopic (exact) mass is 228 g/mol. The van der Waals surface area contributed by atoms with Crippen LogP contribution in [0.5, 0.6) is 0 Å². The first-order chi connectivity index (χ1) is 7.67. The van der Waals surface area contributed by atoms with E-state index in [1.807, 2.05) is 0 Å². The second kappa shape index (κ2) is 6.30. The Morgan fingerprint density at radius 3 is 2.94 bits per heavy atom. The van der Waals surface area contributed by atoms with Crippen LogP contribution in [0.2, 0.25) is 0 Å². The van der Waals surface area contributed by atoms with Gasteiger partial charge >= 0.3 is 0 Å². The Kier molecular flexibility index (Phi) is 5.01. The number of hydrogen-bond acceptors (Lipinski definition) is 4. The molecule has 1 atom stereocenters. The minimum absolute atomic E-state index is 0.0379. The van der Waals surface area contributed by atoms with E-state index in [0.717, 1.165) is 0 Å². The molecule has 1 rings (SSSR count). The quantitative estimate of drug-likeness (QED) is 0.640. The van der Waals surface area contributed by atoms with Crippen molar-refractivity contribution in [2.45, 2.75) is 12.5 Å². The maximum Gasteiger partial charge on any atom is 0.125 e. The topological polar surface area (TPSA) is 67.5 Å². The van der Waals surface area contributed by atoms with Gasteiger partial charge in [0.25, 0.3) is 0 Å². The van der Waals surface area contributed by atoms with Crippen LogP contribution < -0.4 is 11.1 Å². The number of aliphatic hydroxyl groups excluding tert-OH is 1. The Bertz CT molecular complexity index is 328. The van der Waals surface area contributed by atoms with Crippen LogP contribution in [0.15, 0.2) is 18.2 Å². The molecule has 0 aliphatic carbocycles. The molecule has 5 heteroatoms. The van der Waals surface area contributed by atoms with E-state index < -0.39 is 0 Å². The predicted molar refractivity (Wildman–Crippen MR) is 61.8 cm³/mol. The molecule has 90 valence electrons. The van der Waals surface area contributed by atoms with Crippen molar-refractivity contribution in [1.82, 2.24) is 0 Å². The van der Waals surface area contributed by atoms with Crippen LogP contribution in [-0.2, 0) is 4.74 Å². The van der Waals surface area contributed by atoms with Crippen molar-refractivity contribution in [3.05, 3.63) is 24.0 Å². The zero-order valence-corrected chi connectivity index (χ0v) is 9.24. The first kappa shape index (κ1) is 12.7. The van der Waals surface area contributed by atoms with E-state index >= 15 is 0 Å². The molecule has 0 bridgehead atoms. The van der Waals surface area contributed by atoms with Crippen molar-refractivity contribution >= 4 is 11.4 Å². The highest BCUT2D eigenvalue weighted by Gasteiger charge is 2.09. The fraction of sp³-hybridized carbons (Fsp3) is 0.455. The number of halogens is 1. The summed E-state index contributed by atoms with van der Waals surface area (Å²) in [7, 11) is 1.57. The highest BCUT2D eigenvalue weighted by molar-refractivity contribution is 5.66.